The van der Waals surface area contributed by atoms with Crippen LogP contribution in [-0.4, -0.2) is 50.8 Å². The molecule has 1 aromatic rings. The number of ether oxygens (including phenoxy) is 1. The lowest BCUT2D eigenvalue weighted by Crippen LogP contribution is -2.44. The summed E-state index contributed by atoms with van der Waals surface area (Å²) in [5.41, 5.74) is 0. The third-order valence-corrected chi connectivity index (χ3v) is 3.75. The van der Waals surface area contributed by atoms with Crippen LogP contribution >= 0.6 is 0 Å². The van der Waals surface area contributed by atoms with Crippen molar-refractivity contribution < 1.29 is 13.9 Å². The fraction of sp³-hybridized carbons (Fsp3) is 0.667. The average Bonchev–Trinajstić information content (AvgIpc) is 3.03. The number of amides is 2. The molecule has 1 aliphatic rings. The van der Waals surface area contributed by atoms with Crippen LogP contribution in [0.1, 0.15) is 31.1 Å². The van der Waals surface area contributed by atoms with Gasteiger partial charge in [-0.3, -0.25) is 4.90 Å². The van der Waals surface area contributed by atoms with E-state index in [1.54, 1.807) is 13.4 Å². The number of carbonyl (C=O) groups excluding carboxylic acids is 1. The molecule has 0 saturated carbocycles. The zero-order valence-electron chi connectivity index (χ0n) is 12.6. The van der Waals surface area contributed by atoms with Crippen LogP contribution in [0.3, 0.4) is 0 Å². The van der Waals surface area contributed by atoms with Crippen molar-refractivity contribution in [2.45, 2.75) is 25.3 Å². The van der Waals surface area contributed by atoms with Crippen molar-refractivity contribution in [2.24, 2.45) is 0 Å². The van der Waals surface area contributed by atoms with E-state index < -0.39 is 0 Å². The Balaban J connectivity index is 1.86. The number of likely N-dealkylation sites (tertiary alicyclic amines) is 1. The molecule has 0 aromatic carbocycles. The number of nitrogens with one attached hydrogen (secondary N) is 2. The fourth-order valence-corrected chi connectivity index (χ4v) is 2.64. The van der Waals surface area contributed by atoms with E-state index in [0.29, 0.717) is 19.7 Å². The van der Waals surface area contributed by atoms with Crippen molar-refractivity contribution >= 4 is 6.03 Å². The second kappa shape index (κ2) is 8.69. The largest absolute Gasteiger partial charge is 0.468 e. The van der Waals surface area contributed by atoms with Crippen molar-refractivity contribution in [3.05, 3.63) is 24.2 Å². The van der Waals surface area contributed by atoms with Crippen LogP contribution in [0.2, 0.25) is 0 Å². The van der Waals surface area contributed by atoms with Crippen LogP contribution in [0, 0.1) is 0 Å². The Kier molecular flexibility index (Phi) is 6.56. The molecule has 118 valence electrons. The van der Waals surface area contributed by atoms with Gasteiger partial charge in [-0.15, -0.1) is 0 Å². The van der Waals surface area contributed by atoms with Gasteiger partial charge in [0.05, 0.1) is 18.9 Å². The van der Waals surface area contributed by atoms with E-state index in [2.05, 4.69) is 15.5 Å². The molecule has 1 fully saturated rings. The van der Waals surface area contributed by atoms with Gasteiger partial charge in [0.15, 0.2) is 0 Å². The lowest BCUT2D eigenvalue weighted by molar-refractivity contribution is 0.143. The van der Waals surface area contributed by atoms with E-state index in [0.717, 1.165) is 18.8 Å². The zero-order chi connectivity index (χ0) is 14.9. The van der Waals surface area contributed by atoms with Crippen molar-refractivity contribution in [2.75, 3.05) is 39.9 Å². The Morgan fingerprint density at radius 3 is 2.86 bits per heavy atom. The monoisotopic (exact) mass is 295 g/mol. The molecule has 0 aliphatic carbocycles. The molecule has 2 amide bonds. The number of nitrogens with zero attached hydrogens (tertiary/aromatic N) is 1. The summed E-state index contributed by atoms with van der Waals surface area (Å²) in [4.78, 5) is 14.1. The lowest BCUT2D eigenvalue weighted by Gasteiger charge is -2.33. The molecule has 6 nitrogen and oxygen atoms in total. The second-order valence-corrected chi connectivity index (χ2v) is 5.26. The van der Waals surface area contributed by atoms with Gasteiger partial charge >= 0.3 is 6.03 Å². The molecule has 21 heavy (non-hydrogen) atoms. The molecule has 0 radical (unpaired) electrons. The Labute approximate surface area is 125 Å². The Hall–Kier alpha value is -1.53. The number of urea groups is 1. The molecular formula is C15H25N3O3. The number of furan rings is 1. The molecule has 1 aliphatic heterocycles. The molecule has 2 heterocycles. The van der Waals surface area contributed by atoms with Crippen LogP contribution < -0.4 is 10.6 Å². The van der Waals surface area contributed by atoms with Gasteiger partial charge in [-0.1, -0.05) is 6.42 Å². The predicted molar refractivity (Wildman–Crippen MR) is 80.2 cm³/mol. The van der Waals surface area contributed by atoms with Crippen LogP contribution in [0.4, 0.5) is 4.79 Å². The van der Waals surface area contributed by atoms with Crippen LogP contribution in [-0.2, 0) is 4.74 Å². The van der Waals surface area contributed by atoms with Gasteiger partial charge in [0, 0.05) is 20.2 Å². The smallest absolute Gasteiger partial charge is 0.314 e. The minimum atomic E-state index is -0.166. The van der Waals surface area contributed by atoms with Crippen molar-refractivity contribution in [1.82, 2.24) is 15.5 Å². The Bertz CT molecular complexity index is 402. The summed E-state index contributed by atoms with van der Waals surface area (Å²) in [6, 6.07) is 3.81. The van der Waals surface area contributed by atoms with Gasteiger partial charge in [-0.25, -0.2) is 4.79 Å². The molecule has 6 heteroatoms. The zero-order valence-corrected chi connectivity index (χ0v) is 12.6. The highest BCUT2D eigenvalue weighted by Crippen LogP contribution is 2.24. The molecule has 1 aromatic heterocycles. The van der Waals surface area contributed by atoms with Crippen LogP contribution in [0.15, 0.2) is 22.8 Å². The standard InChI is InChI=1S/C15H25N3O3/c1-20-11-7-16-15(19)17-12-13(14-6-5-10-21-14)18-8-3-2-4-9-18/h5-6,10,13H,2-4,7-9,11-12H2,1H3,(H2,16,17,19). The highest BCUT2D eigenvalue weighted by atomic mass is 16.5. The summed E-state index contributed by atoms with van der Waals surface area (Å²) in [6.45, 7) is 3.68. The number of rotatable bonds is 7. The quantitative estimate of drug-likeness (QED) is 0.752. The van der Waals surface area contributed by atoms with E-state index >= 15 is 0 Å². The molecule has 2 N–H and O–H groups in total. The topological polar surface area (TPSA) is 66.7 Å². The highest BCUT2D eigenvalue weighted by Gasteiger charge is 2.24. The van der Waals surface area contributed by atoms with Gasteiger partial charge in [-0.2, -0.15) is 0 Å². The normalized spacial score (nSPS) is 17.4. The van der Waals surface area contributed by atoms with Crippen molar-refractivity contribution in [3.63, 3.8) is 0 Å². The van der Waals surface area contributed by atoms with E-state index in [1.165, 1.54) is 19.3 Å². The summed E-state index contributed by atoms with van der Waals surface area (Å²) in [5, 5.41) is 5.68. The second-order valence-electron chi connectivity index (χ2n) is 5.26. The summed E-state index contributed by atoms with van der Waals surface area (Å²) in [5.74, 6) is 0.911. The molecule has 2 rings (SSSR count). The highest BCUT2D eigenvalue weighted by molar-refractivity contribution is 5.73. The van der Waals surface area contributed by atoms with E-state index in [4.69, 9.17) is 9.15 Å². The summed E-state index contributed by atoms with van der Waals surface area (Å²) in [6.07, 6.45) is 5.38. The van der Waals surface area contributed by atoms with Gasteiger partial charge in [0.1, 0.15) is 5.76 Å². The predicted octanol–water partition coefficient (Wildman–Crippen LogP) is 1.75. The number of carbonyl (C=O) groups is 1. The van der Waals surface area contributed by atoms with Gasteiger partial charge in [0.25, 0.3) is 0 Å². The van der Waals surface area contributed by atoms with Crippen LogP contribution in [0.25, 0.3) is 0 Å². The third-order valence-electron chi connectivity index (χ3n) is 3.75. The Morgan fingerprint density at radius 2 is 2.19 bits per heavy atom. The first-order valence-corrected chi connectivity index (χ1v) is 7.59. The van der Waals surface area contributed by atoms with Gasteiger partial charge < -0.3 is 19.8 Å². The maximum atomic E-state index is 11.7. The third kappa shape index (κ3) is 5.06. The summed E-state index contributed by atoms with van der Waals surface area (Å²) >= 11 is 0. The number of methoxy groups -OCH3 is 1. The number of hydrogen-bond donors (Lipinski definition) is 2. The first-order chi connectivity index (χ1) is 10.3. The van der Waals surface area contributed by atoms with Gasteiger partial charge in [-0.05, 0) is 38.1 Å². The molecule has 0 bridgehead atoms. The van der Waals surface area contributed by atoms with Crippen molar-refractivity contribution in [1.29, 1.82) is 0 Å². The maximum Gasteiger partial charge on any atom is 0.314 e. The molecule has 1 saturated heterocycles. The Morgan fingerprint density at radius 1 is 1.38 bits per heavy atom. The van der Waals surface area contributed by atoms with Crippen molar-refractivity contribution in [3.8, 4) is 0 Å². The SMILES string of the molecule is COCCNC(=O)NCC(c1ccco1)N1CCCCC1. The molecule has 1 unspecified atom stereocenters. The molecular weight excluding hydrogens is 270 g/mol. The molecule has 0 spiro atoms. The van der Waals surface area contributed by atoms with Gasteiger partial charge in [0.2, 0.25) is 0 Å². The average molecular weight is 295 g/mol. The molecule has 1 atom stereocenters. The summed E-state index contributed by atoms with van der Waals surface area (Å²) < 4.78 is 10.5. The van der Waals surface area contributed by atoms with E-state index in [1.807, 2.05) is 12.1 Å². The minimum absolute atomic E-state index is 0.105. The minimum Gasteiger partial charge on any atom is -0.468 e. The lowest BCUT2D eigenvalue weighted by atomic mass is 10.1. The maximum absolute atomic E-state index is 11.7. The first-order valence-electron chi connectivity index (χ1n) is 7.59. The number of hydrogen-bond acceptors (Lipinski definition) is 4. The van der Waals surface area contributed by atoms with E-state index in [9.17, 15) is 4.79 Å². The fourth-order valence-electron chi connectivity index (χ4n) is 2.64. The van der Waals surface area contributed by atoms with Crippen LogP contribution in [0.5, 0.6) is 0 Å². The van der Waals surface area contributed by atoms with E-state index in [-0.39, 0.29) is 12.1 Å². The first kappa shape index (κ1) is 15.9. The number of piperidine rings is 1. The summed E-state index contributed by atoms with van der Waals surface area (Å²) in [7, 11) is 1.61.